The molecule has 3 rings (SSSR count). The summed E-state index contributed by atoms with van der Waals surface area (Å²) in [6.45, 7) is 5.88. The van der Waals surface area contributed by atoms with Gasteiger partial charge in [-0.15, -0.1) is 6.42 Å². The van der Waals surface area contributed by atoms with Crippen LogP contribution in [0.3, 0.4) is 0 Å². The van der Waals surface area contributed by atoms with Crippen LogP contribution in [-0.4, -0.2) is 35.0 Å². The molecule has 0 aliphatic heterocycles. The van der Waals surface area contributed by atoms with Crippen LogP contribution in [0.2, 0.25) is 0 Å². The number of hydrogen-bond donors (Lipinski definition) is 2. The first-order valence-corrected chi connectivity index (χ1v) is 10.8. The summed E-state index contributed by atoms with van der Waals surface area (Å²) in [5.41, 5.74) is 2.12. The van der Waals surface area contributed by atoms with Crippen LogP contribution in [0.15, 0.2) is 48.5 Å². The van der Waals surface area contributed by atoms with Crippen LogP contribution in [-0.2, 0) is 16.1 Å². The van der Waals surface area contributed by atoms with Crippen LogP contribution >= 0.6 is 0 Å². The number of rotatable bonds is 8. The maximum Gasteiger partial charge on any atom is 0.328 e. The molecular weight excluding hydrogens is 416 g/mol. The summed E-state index contributed by atoms with van der Waals surface area (Å²) in [6.07, 6.45) is 5.50. The molecule has 0 spiro atoms. The molecule has 1 aromatic heterocycles. The number of hydrogen-bond acceptors (Lipinski definition) is 6. The Morgan fingerprint density at radius 2 is 1.85 bits per heavy atom. The lowest BCUT2D eigenvalue weighted by Gasteiger charge is -2.21. The van der Waals surface area contributed by atoms with Crippen molar-refractivity contribution in [2.75, 3.05) is 12.4 Å². The highest BCUT2D eigenvalue weighted by atomic mass is 16.5. The minimum atomic E-state index is -0.573. The van der Waals surface area contributed by atoms with E-state index in [2.05, 4.69) is 26.5 Å². The Morgan fingerprint density at radius 3 is 2.55 bits per heavy atom. The second kappa shape index (κ2) is 10.6. The Kier molecular flexibility index (Phi) is 7.62. The molecule has 0 radical (unpaired) electrons. The van der Waals surface area contributed by atoms with Crippen LogP contribution in [0.25, 0.3) is 10.9 Å². The third kappa shape index (κ3) is 5.66. The molecule has 33 heavy (non-hydrogen) atoms. The van der Waals surface area contributed by atoms with Gasteiger partial charge in [0.05, 0.1) is 19.2 Å². The molecule has 0 fully saturated rings. The van der Waals surface area contributed by atoms with Gasteiger partial charge in [0.25, 0.3) is 5.91 Å². The first-order valence-electron chi connectivity index (χ1n) is 10.8. The number of anilines is 1. The lowest BCUT2D eigenvalue weighted by molar-refractivity contribution is -0.142. The molecule has 1 unspecified atom stereocenters. The maximum absolute atomic E-state index is 12.7. The Labute approximate surface area is 194 Å². The Bertz CT molecular complexity index is 1200. The number of para-hydroxylation sites is 1. The molecule has 2 aromatic carbocycles. The van der Waals surface area contributed by atoms with Gasteiger partial charge in [-0.1, -0.05) is 44.0 Å². The van der Waals surface area contributed by atoms with E-state index in [-0.39, 0.29) is 30.3 Å². The van der Waals surface area contributed by atoms with Crippen molar-refractivity contribution in [1.29, 1.82) is 0 Å². The fourth-order valence-corrected chi connectivity index (χ4v) is 3.39. The molecule has 0 aliphatic rings. The van der Waals surface area contributed by atoms with Gasteiger partial charge in [-0.25, -0.2) is 14.8 Å². The van der Waals surface area contributed by atoms with Crippen molar-refractivity contribution in [1.82, 2.24) is 15.3 Å². The van der Waals surface area contributed by atoms with Gasteiger partial charge in [0, 0.05) is 16.9 Å². The molecule has 7 nitrogen and oxygen atoms in total. The minimum Gasteiger partial charge on any atom is -0.467 e. The number of esters is 1. The van der Waals surface area contributed by atoms with Crippen LogP contribution in [0, 0.1) is 18.3 Å². The molecule has 2 N–H and O–H groups in total. The van der Waals surface area contributed by atoms with E-state index < -0.39 is 6.04 Å². The van der Waals surface area contributed by atoms with E-state index in [1.165, 1.54) is 7.11 Å². The number of terminal acetylenes is 1. The molecule has 0 saturated heterocycles. The third-order valence-corrected chi connectivity index (χ3v) is 5.37. The maximum atomic E-state index is 12.7. The second-order valence-corrected chi connectivity index (χ2v) is 8.09. The number of methoxy groups -OCH3 is 1. The SMILES string of the molecule is C#CC(C)c1cccc(C(=O)NCc2nc(N[C@H](C(=O)OC)C(C)C)c3ccccc3n2)c1. The van der Waals surface area contributed by atoms with Gasteiger partial charge >= 0.3 is 5.97 Å². The summed E-state index contributed by atoms with van der Waals surface area (Å²) in [4.78, 5) is 34.1. The van der Waals surface area contributed by atoms with Crippen molar-refractivity contribution < 1.29 is 14.3 Å². The van der Waals surface area contributed by atoms with Gasteiger partial charge in [0.1, 0.15) is 11.9 Å². The predicted octanol–water partition coefficient (Wildman–Crippen LogP) is 3.91. The fourth-order valence-electron chi connectivity index (χ4n) is 3.39. The van der Waals surface area contributed by atoms with Crippen molar-refractivity contribution in [2.45, 2.75) is 39.3 Å². The van der Waals surface area contributed by atoms with Gasteiger partial charge in [-0.3, -0.25) is 4.79 Å². The smallest absolute Gasteiger partial charge is 0.328 e. The van der Waals surface area contributed by atoms with Crippen LogP contribution in [0.5, 0.6) is 0 Å². The van der Waals surface area contributed by atoms with Gasteiger partial charge in [-0.2, -0.15) is 0 Å². The van der Waals surface area contributed by atoms with Crippen molar-refractivity contribution in [2.24, 2.45) is 5.92 Å². The van der Waals surface area contributed by atoms with Crippen LogP contribution in [0.4, 0.5) is 5.82 Å². The molecule has 0 bridgehead atoms. The van der Waals surface area contributed by atoms with Gasteiger partial charge in [0.2, 0.25) is 0 Å². The highest BCUT2D eigenvalue weighted by Gasteiger charge is 2.24. The molecular formula is C26H28N4O3. The molecule has 2 atom stereocenters. The summed E-state index contributed by atoms with van der Waals surface area (Å²) in [5, 5.41) is 6.84. The quantitative estimate of drug-likeness (QED) is 0.404. The second-order valence-electron chi connectivity index (χ2n) is 8.09. The number of carbonyl (C=O) groups excluding carboxylic acids is 2. The lowest BCUT2D eigenvalue weighted by Crippen LogP contribution is -2.36. The lowest BCUT2D eigenvalue weighted by atomic mass is 10.00. The first kappa shape index (κ1) is 23.7. The number of nitrogens with zero attached hydrogens (tertiary/aromatic N) is 2. The van der Waals surface area contributed by atoms with Crippen molar-refractivity contribution in [3.8, 4) is 12.3 Å². The number of amides is 1. The standard InChI is InChI=1S/C26H28N4O3/c1-6-17(4)18-10-9-11-19(14-18)25(31)27-15-22-28-21-13-8-7-12-20(21)24(29-22)30-23(16(2)3)26(32)33-5/h1,7-14,16-17,23H,15H2,2-5H3,(H,27,31)(H,28,29,30)/t17?,23-/m0/s1. The molecule has 3 aromatic rings. The van der Waals surface area contributed by atoms with Crippen LogP contribution < -0.4 is 10.6 Å². The Balaban J connectivity index is 1.85. The molecule has 1 heterocycles. The third-order valence-electron chi connectivity index (χ3n) is 5.37. The van der Waals surface area contributed by atoms with E-state index in [9.17, 15) is 9.59 Å². The first-order chi connectivity index (χ1) is 15.8. The van der Waals surface area contributed by atoms with Crippen LogP contribution in [0.1, 0.15) is 48.4 Å². The molecule has 0 saturated carbocycles. The highest BCUT2D eigenvalue weighted by Crippen LogP contribution is 2.23. The van der Waals surface area contributed by atoms with Gasteiger partial charge in [0.15, 0.2) is 5.82 Å². The summed E-state index contributed by atoms with van der Waals surface area (Å²) in [7, 11) is 1.36. The number of benzene rings is 2. The molecule has 0 aliphatic carbocycles. The average molecular weight is 445 g/mol. The largest absolute Gasteiger partial charge is 0.467 e. The molecule has 7 heteroatoms. The number of carbonyl (C=O) groups is 2. The van der Waals surface area contributed by atoms with Crippen molar-refractivity contribution >= 4 is 28.6 Å². The molecule has 170 valence electrons. The van der Waals surface area contributed by atoms with E-state index in [0.717, 1.165) is 10.9 Å². The molecule has 1 amide bonds. The summed E-state index contributed by atoms with van der Waals surface area (Å²) in [5.74, 6) is 2.88. The number of ether oxygens (including phenoxy) is 1. The van der Waals surface area contributed by atoms with Gasteiger partial charge < -0.3 is 15.4 Å². The normalized spacial score (nSPS) is 12.6. The van der Waals surface area contributed by atoms with E-state index in [4.69, 9.17) is 11.2 Å². The number of fused-ring (bicyclic) bond motifs is 1. The van der Waals surface area contributed by atoms with E-state index in [1.807, 2.05) is 57.2 Å². The van der Waals surface area contributed by atoms with Crippen molar-refractivity contribution in [3.05, 3.63) is 65.5 Å². The number of aromatic nitrogens is 2. The fraction of sp³-hybridized carbons (Fsp3) is 0.308. The Hall–Kier alpha value is -3.92. The van der Waals surface area contributed by atoms with E-state index >= 15 is 0 Å². The van der Waals surface area contributed by atoms with Gasteiger partial charge in [-0.05, 0) is 42.7 Å². The minimum absolute atomic E-state index is 0.0213. The van der Waals surface area contributed by atoms with E-state index in [1.54, 1.807) is 12.1 Å². The highest BCUT2D eigenvalue weighted by molar-refractivity contribution is 5.94. The zero-order valence-electron chi connectivity index (χ0n) is 19.3. The summed E-state index contributed by atoms with van der Waals surface area (Å²) in [6, 6.07) is 14.2. The monoisotopic (exact) mass is 444 g/mol. The topological polar surface area (TPSA) is 93.2 Å². The Morgan fingerprint density at radius 1 is 1.09 bits per heavy atom. The zero-order valence-corrected chi connectivity index (χ0v) is 19.3. The average Bonchev–Trinajstić information content (AvgIpc) is 2.84. The summed E-state index contributed by atoms with van der Waals surface area (Å²) < 4.78 is 4.94. The van der Waals surface area contributed by atoms with E-state index in [0.29, 0.717) is 22.7 Å². The zero-order chi connectivity index (χ0) is 24.0. The summed E-state index contributed by atoms with van der Waals surface area (Å²) >= 11 is 0. The number of nitrogens with one attached hydrogen (secondary N) is 2. The predicted molar refractivity (Wildman–Crippen MR) is 129 cm³/mol. The van der Waals surface area contributed by atoms with Crippen molar-refractivity contribution in [3.63, 3.8) is 0 Å².